The third-order valence-corrected chi connectivity index (χ3v) is 6.41. The third kappa shape index (κ3) is 4.70. The van der Waals surface area contributed by atoms with Crippen LogP contribution in [0.15, 0.2) is 4.99 Å². The van der Waals surface area contributed by atoms with E-state index in [-0.39, 0.29) is 35.3 Å². The third-order valence-electron chi connectivity index (χ3n) is 6.41. The summed E-state index contributed by atoms with van der Waals surface area (Å²) in [6.07, 6.45) is 2.14. The summed E-state index contributed by atoms with van der Waals surface area (Å²) >= 11 is 0. The molecule has 1 amide bonds. The zero-order valence-electron chi connectivity index (χ0n) is 17.4. The SMILES string of the molecule is CN=C(NC1C2CCOC2C1(C)C)N1CCN(CCC(=O)N(C)C)CC1.I. The molecule has 0 radical (unpaired) electrons. The number of guanidine groups is 1. The summed E-state index contributed by atoms with van der Waals surface area (Å²) in [5.74, 6) is 1.82. The second-order valence-corrected chi connectivity index (χ2v) is 8.60. The Bertz CT molecular complexity index is 546. The first kappa shape index (κ1) is 22.7. The van der Waals surface area contributed by atoms with E-state index in [0.29, 0.717) is 24.5 Å². The maximum atomic E-state index is 11.8. The van der Waals surface area contributed by atoms with Crippen LogP contribution in [-0.4, -0.2) is 99.2 Å². The number of fused-ring (bicyclic) bond motifs is 1. The largest absolute Gasteiger partial charge is 0.377 e. The van der Waals surface area contributed by atoms with Crippen molar-refractivity contribution in [1.82, 2.24) is 20.0 Å². The van der Waals surface area contributed by atoms with Crippen LogP contribution in [0.4, 0.5) is 0 Å². The van der Waals surface area contributed by atoms with Gasteiger partial charge in [-0.2, -0.15) is 0 Å². The normalized spacial score (nSPS) is 30.2. The molecule has 1 N–H and O–H groups in total. The van der Waals surface area contributed by atoms with Gasteiger partial charge in [-0.25, -0.2) is 0 Å². The van der Waals surface area contributed by atoms with Crippen molar-refractivity contribution in [3.8, 4) is 0 Å². The topological polar surface area (TPSA) is 60.4 Å². The molecule has 0 aromatic rings. The molecule has 0 bridgehead atoms. The Labute approximate surface area is 180 Å². The first-order valence-electron chi connectivity index (χ1n) is 9.87. The number of ether oxygens (including phenoxy) is 1. The van der Waals surface area contributed by atoms with Crippen molar-refractivity contribution in [3.05, 3.63) is 0 Å². The van der Waals surface area contributed by atoms with Crippen molar-refractivity contribution in [2.45, 2.75) is 38.8 Å². The fourth-order valence-electron chi connectivity index (χ4n) is 4.71. The molecule has 0 aromatic carbocycles. The van der Waals surface area contributed by atoms with Crippen molar-refractivity contribution < 1.29 is 9.53 Å². The molecule has 2 saturated heterocycles. The number of aliphatic imine (C=N–C) groups is 1. The lowest BCUT2D eigenvalue weighted by Gasteiger charge is -2.55. The predicted molar refractivity (Wildman–Crippen MR) is 119 cm³/mol. The van der Waals surface area contributed by atoms with Gasteiger partial charge in [0.1, 0.15) is 0 Å². The number of hydrogen-bond donors (Lipinski definition) is 1. The lowest BCUT2D eigenvalue weighted by molar-refractivity contribution is -0.129. The monoisotopic (exact) mass is 493 g/mol. The van der Waals surface area contributed by atoms with E-state index in [1.165, 1.54) is 0 Å². The molecule has 2 heterocycles. The van der Waals surface area contributed by atoms with Crippen molar-refractivity contribution in [2.75, 3.05) is 60.5 Å². The minimum absolute atomic E-state index is 0. The molecule has 2 aliphatic heterocycles. The number of carbonyl (C=O) groups excluding carboxylic acids is 1. The molecule has 1 saturated carbocycles. The summed E-state index contributed by atoms with van der Waals surface area (Å²) in [6, 6.07) is 0.435. The molecule has 3 rings (SSSR count). The van der Waals surface area contributed by atoms with Gasteiger partial charge in [0.05, 0.1) is 6.10 Å². The lowest BCUT2D eigenvalue weighted by atomic mass is 9.57. The summed E-state index contributed by atoms with van der Waals surface area (Å²) in [6.45, 7) is 10.2. The van der Waals surface area contributed by atoms with E-state index >= 15 is 0 Å². The van der Waals surface area contributed by atoms with Crippen LogP contribution in [0, 0.1) is 11.3 Å². The summed E-state index contributed by atoms with van der Waals surface area (Å²) in [4.78, 5) is 22.7. The van der Waals surface area contributed by atoms with E-state index in [4.69, 9.17) is 4.74 Å². The van der Waals surface area contributed by atoms with E-state index < -0.39 is 0 Å². The summed E-state index contributed by atoms with van der Waals surface area (Å²) in [5.41, 5.74) is 0.158. The zero-order chi connectivity index (χ0) is 18.9. The Kier molecular flexibility index (Phi) is 7.78. The van der Waals surface area contributed by atoms with Crippen LogP contribution in [-0.2, 0) is 9.53 Å². The quantitative estimate of drug-likeness (QED) is 0.361. The summed E-state index contributed by atoms with van der Waals surface area (Å²) in [5, 5.41) is 3.73. The fourth-order valence-corrected chi connectivity index (χ4v) is 4.71. The van der Waals surface area contributed by atoms with Gasteiger partial charge in [0.25, 0.3) is 0 Å². The van der Waals surface area contributed by atoms with Crippen LogP contribution in [0.3, 0.4) is 0 Å². The van der Waals surface area contributed by atoms with Crippen LogP contribution in [0.2, 0.25) is 0 Å². The molecule has 3 aliphatic rings. The Hall–Kier alpha value is -0.610. The Morgan fingerprint density at radius 3 is 2.52 bits per heavy atom. The highest BCUT2D eigenvalue weighted by molar-refractivity contribution is 14.0. The van der Waals surface area contributed by atoms with E-state index in [2.05, 4.69) is 34.0 Å². The minimum atomic E-state index is 0. The van der Waals surface area contributed by atoms with E-state index in [9.17, 15) is 4.79 Å². The van der Waals surface area contributed by atoms with Crippen molar-refractivity contribution in [3.63, 3.8) is 0 Å². The van der Waals surface area contributed by atoms with Crippen LogP contribution in [0.5, 0.6) is 0 Å². The second kappa shape index (κ2) is 9.26. The number of nitrogens with zero attached hydrogens (tertiary/aromatic N) is 4. The molecule has 7 nitrogen and oxygen atoms in total. The molecule has 1 aliphatic carbocycles. The predicted octanol–water partition coefficient (Wildman–Crippen LogP) is 1.09. The average molecular weight is 493 g/mol. The average Bonchev–Trinajstić information content (AvgIpc) is 3.08. The number of amides is 1. The smallest absolute Gasteiger partial charge is 0.223 e. The molecular weight excluding hydrogens is 457 g/mol. The molecule has 8 heteroatoms. The van der Waals surface area contributed by atoms with Crippen molar-refractivity contribution in [2.24, 2.45) is 16.3 Å². The highest BCUT2D eigenvalue weighted by Crippen LogP contribution is 2.52. The van der Waals surface area contributed by atoms with Crippen molar-refractivity contribution >= 4 is 35.8 Å². The Morgan fingerprint density at radius 2 is 1.93 bits per heavy atom. The maximum Gasteiger partial charge on any atom is 0.223 e. The van der Waals surface area contributed by atoms with Gasteiger partial charge in [-0.05, 0) is 6.42 Å². The molecule has 3 unspecified atom stereocenters. The number of piperazine rings is 1. The number of carbonyl (C=O) groups is 1. The van der Waals surface area contributed by atoms with E-state index in [1.54, 1.807) is 4.90 Å². The van der Waals surface area contributed by atoms with Gasteiger partial charge in [0.15, 0.2) is 5.96 Å². The van der Waals surface area contributed by atoms with Gasteiger partial charge >= 0.3 is 0 Å². The molecule has 0 spiro atoms. The summed E-state index contributed by atoms with van der Waals surface area (Å²) < 4.78 is 5.90. The first-order valence-corrected chi connectivity index (χ1v) is 9.87. The number of hydrogen-bond acceptors (Lipinski definition) is 4. The minimum Gasteiger partial charge on any atom is -0.377 e. The molecular formula is C19H36IN5O2. The van der Waals surface area contributed by atoms with Crippen LogP contribution in [0.1, 0.15) is 26.7 Å². The molecule has 156 valence electrons. The Morgan fingerprint density at radius 1 is 1.26 bits per heavy atom. The molecule has 0 aromatic heterocycles. The fraction of sp³-hybridized carbons (Fsp3) is 0.895. The number of halogens is 1. The number of nitrogens with one attached hydrogen (secondary N) is 1. The Balaban J connectivity index is 0.00000261. The van der Waals surface area contributed by atoms with Crippen LogP contribution >= 0.6 is 24.0 Å². The maximum absolute atomic E-state index is 11.8. The van der Waals surface area contributed by atoms with Gasteiger partial charge in [-0.1, -0.05) is 13.8 Å². The van der Waals surface area contributed by atoms with Crippen LogP contribution < -0.4 is 5.32 Å². The van der Waals surface area contributed by atoms with Crippen molar-refractivity contribution in [1.29, 1.82) is 0 Å². The molecule has 3 atom stereocenters. The van der Waals surface area contributed by atoms with Gasteiger partial charge in [-0.3, -0.25) is 14.7 Å². The summed E-state index contributed by atoms with van der Waals surface area (Å²) in [7, 11) is 5.51. The standard InChI is InChI=1S/C19H35N5O2.HI/c1-19(2)16(14-7-13-26-17(14)19)21-18(20-3)24-11-9-23(10-12-24)8-6-15(25)22(4)5;/h14,16-17H,6-13H2,1-5H3,(H,20,21);1H. The highest BCUT2D eigenvalue weighted by atomic mass is 127. The molecule has 27 heavy (non-hydrogen) atoms. The highest BCUT2D eigenvalue weighted by Gasteiger charge is 2.59. The van der Waals surface area contributed by atoms with E-state index in [0.717, 1.165) is 51.7 Å². The number of rotatable bonds is 4. The first-order chi connectivity index (χ1) is 12.3. The lowest BCUT2D eigenvalue weighted by Crippen LogP contribution is -2.68. The van der Waals surface area contributed by atoms with Gasteiger partial charge in [-0.15, -0.1) is 24.0 Å². The molecule has 3 fully saturated rings. The zero-order valence-corrected chi connectivity index (χ0v) is 19.7. The van der Waals surface area contributed by atoms with Gasteiger partial charge < -0.3 is 19.9 Å². The van der Waals surface area contributed by atoms with E-state index in [1.807, 2.05) is 21.1 Å². The van der Waals surface area contributed by atoms with Gasteiger partial charge in [0, 0.05) is 84.3 Å². The second-order valence-electron chi connectivity index (χ2n) is 8.60. The van der Waals surface area contributed by atoms with Crippen LogP contribution in [0.25, 0.3) is 0 Å². The van der Waals surface area contributed by atoms with Gasteiger partial charge in [0.2, 0.25) is 5.91 Å².